The zero-order chi connectivity index (χ0) is 8.36. The van der Waals surface area contributed by atoms with Gasteiger partial charge in [0.15, 0.2) is 0 Å². The van der Waals surface area contributed by atoms with Crippen LogP contribution >= 0.6 is 0 Å². The van der Waals surface area contributed by atoms with Crippen LogP contribution in [-0.2, 0) is 4.74 Å². The summed E-state index contributed by atoms with van der Waals surface area (Å²) in [6.45, 7) is 8.17. The van der Waals surface area contributed by atoms with Gasteiger partial charge in [-0.1, -0.05) is 6.42 Å². The fraction of sp³-hybridized carbons (Fsp3) is 1.00. The van der Waals surface area contributed by atoms with Crippen molar-refractivity contribution >= 4 is 0 Å². The quantitative estimate of drug-likeness (QED) is 0.663. The summed E-state index contributed by atoms with van der Waals surface area (Å²) in [6.07, 6.45) is 4.22. The van der Waals surface area contributed by atoms with Crippen LogP contribution in [-0.4, -0.2) is 26.3 Å². The molecule has 1 N–H and O–H groups in total. The number of rotatable bonds is 2. The molecule has 2 heteroatoms. The Hall–Kier alpha value is -0.0800. The average Bonchev–Trinajstić information content (AvgIpc) is 2.10. The highest BCUT2D eigenvalue weighted by atomic mass is 16.5. The van der Waals surface area contributed by atoms with Crippen molar-refractivity contribution in [3.63, 3.8) is 0 Å². The van der Waals surface area contributed by atoms with Crippen LogP contribution in [0.5, 0.6) is 0 Å². The minimum Gasteiger partial charge on any atom is -0.382 e. The van der Waals surface area contributed by atoms with Crippen molar-refractivity contribution in [3.05, 3.63) is 0 Å². The van der Waals surface area contributed by atoms with Gasteiger partial charge in [-0.2, -0.15) is 0 Å². The van der Waals surface area contributed by atoms with Gasteiger partial charge in [0.25, 0.3) is 0 Å². The van der Waals surface area contributed by atoms with E-state index in [0.29, 0.717) is 0 Å². The molecule has 0 amide bonds. The third-order valence-electron chi connectivity index (χ3n) is 1.62. The molecule has 0 aromatic rings. The van der Waals surface area contributed by atoms with Crippen LogP contribution in [0.25, 0.3) is 0 Å². The molecule has 0 aromatic heterocycles. The summed E-state index contributed by atoms with van der Waals surface area (Å²) in [6, 6.07) is 0. The van der Waals surface area contributed by atoms with E-state index in [-0.39, 0.29) is 0 Å². The van der Waals surface area contributed by atoms with Crippen LogP contribution in [0.15, 0.2) is 0 Å². The third-order valence-corrected chi connectivity index (χ3v) is 1.62. The predicted molar refractivity (Wildman–Crippen MR) is 48.9 cm³/mol. The number of nitrogens with one attached hydrogen (secondary N) is 1. The first-order chi connectivity index (χ1) is 5.41. The van der Waals surface area contributed by atoms with Crippen molar-refractivity contribution in [3.8, 4) is 0 Å². The molecule has 2 nitrogen and oxygen atoms in total. The summed E-state index contributed by atoms with van der Waals surface area (Å²) in [5.41, 5.74) is 0. The van der Waals surface area contributed by atoms with Gasteiger partial charge >= 0.3 is 0 Å². The Morgan fingerprint density at radius 2 is 1.55 bits per heavy atom. The first kappa shape index (κ1) is 10.9. The fourth-order valence-electron chi connectivity index (χ4n) is 1.01. The molecule has 1 rings (SSSR count). The van der Waals surface area contributed by atoms with Crippen molar-refractivity contribution in [2.24, 2.45) is 0 Å². The molecule has 0 radical (unpaired) electrons. The SMILES string of the molecule is C1CCNCC1.CCOCC. The molecule has 0 atom stereocenters. The zero-order valence-corrected chi connectivity index (χ0v) is 7.86. The lowest BCUT2D eigenvalue weighted by atomic mass is 10.2. The minimum absolute atomic E-state index is 0.844. The van der Waals surface area contributed by atoms with Crippen LogP contribution < -0.4 is 5.32 Å². The second-order valence-corrected chi connectivity index (χ2v) is 2.59. The van der Waals surface area contributed by atoms with Crippen molar-refractivity contribution < 1.29 is 4.74 Å². The van der Waals surface area contributed by atoms with Gasteiger partial charge in [-0.25, -0.2) is 0 Å². The molecule has 0 aromatic carbocycles. The van der Waals surface area contributed by atoms with E-state index in [1.54, 1.807) is 0 Å². The summed E-state index contributed by atoms with van der Waals surface area (Å²) in [4.78, 5) is 0. The highest BCUT2D eigenvalue weighted by Crippen LogP contribution is 1.96. The molecule has 1 saturated heterocycles. The van der Waals surface area contributed by atoms with E-state index >= 15 is 0 Å². The Morgan fingerprint density at radius 1 is 1.00 bits per heavy atom. The van der Waals surface area contributed by atoms with Gasteiger partial charge in [0.1, 0.15) is 0 Å². The summed E-state index contributed by atoms with van der Waals surface area (Å²) in [5, 5.41) is 3.28. The van der Waals surface area contributed by atoms with E-state index in [1.807, 2.05) is 13.8 Å². The summed E-state index contributed by atoms with van der Waals surface area (Å²) in [5.74, 6) is 0. The van der Waals surface area contributed by atoms with Crippen molar-refractivity contribution in [1.29, 1.82) is 0 Å². The number of hydrogen-bond acceptors (Lipinski definition) is 2. The Balaban J connectivity index is 0.000000187. The molecule has 0 unspecified atom stereocenters. The van der Waals surface area contributed by atoms with E-state index in [2.05, 4.69) is 5.32 Å². The standard InChI is InChI=1S/C5H11N.C4H10O/c1-2-4-6-5-3-1;1-3-5-4-2/h6H,1-5H2;3-4H2,1-2H3. The molecule has 1 heterocycles. The van der Waals surface area contributed by atoms with Crippen molar-refractivity contribution in [2.75, 3.05) is 26.3 Å². The first-order valence-electron chi connectivity index (χ1n) is 4.70. The number of ether oxygens (including phenoxy) is 1. The second-order valence-electron chi connectivity index (χ2n) is 2.59. The first-order valence-corrected chi connectivity index (χ1v) is 4.70. The topological polar surface area (TPSA) is 21.3 Å². The predicted octanol–water partition coefficient (Wildman–Crippen LogP) is 1.80. The van der Waals surface area contributed by atoms with E-state index in [4.69, 9.17) is 4.74 Å². The lowest BCUT2D eigenvalue weighted by Crippen LogP contribution is -2.21. The Bertz CT molecular complexity index is 49.1. The molecule has 0 saturated carbocycles. The highest BCUT2D eigenvalue weighted by Gasteiger charge is 1.93. The molecule has 0 bridgehead atoms. The molecule has 11 heavy (non-hydrogen) atoms. The van der Waals surface area contributed by atoms with Gasteiger partial charge in [0.05, 0.1) is 0 Å². The zero-order valence-electron chi connectivity index (χ0n) is 7.86. The number of piperidine rings is 1. The van der Waals surface area contributed by atoms with Crippen molar-refractivity contribution in [2.45, 2.75) is 33.1 Å². The van der Waals surface area contributed by atoms with Crippen LogP contribution in [0.3, 0.4) is 0 Å². The summed E-state index contributed by atoms with van der Waals surface area (Å²) in [7, 11) is 0. The van der Waals surface area contributed by atoms with E-state index in [0.717, 1.165) is 13.2 Å². The van der Waals surface area contributed by atoms with Gasteiger partial charge in [-0.05, 0) is 39.8 Å². The molecule has 68 valence electrons. The maximum absolute atomic E-state index is 4.83. The number of hydrogen-bond donors (Lipinski definition) is 1. The van der Waals surface area contributed by atoms with Crippen LogP contribution in [0.4, 0.5) is 0 Å². The largest absolute Gasteiger partial charge is 0.382 e. The van der Waals surface area contributed by atoms with Crippen LogP contribution in [0.2, 0.25) is 0 Å². The van der Waals surface area contributed by atoms with E-state index in [9.17, 15) is 0 Å². The van der Waals surface area contributed by atoms with E-state index < -0.39 is 0 Å². The van der Waals surface area contributed by atoms with Gasteiger partial charge in [-0.3, -0.25) is 0 Å². The lowest BCUT2D eigenvalue weighted by Gasteiger charge is -2.08. The molecular weight excluding hydrogens is 138 g/mol. The molecular formula is C9H21NO. The average molecular weight is 159 g/mol. The van der Waals surface area contributed by atoms with Crippen LogP contribution in [0, 0.1) is 0 Å². The molecule has 0 spiro atoms. The summed E-state index contributed by atoms with van der Waals surface area (Å²) >= 11 is 0. The van der Waals surface area contributed by atoms with Gasteiger partial charge in [0.2, 0.25) is 0 Å². The Morgan fingerprint density at radius 3 is 1.64 bits per heavy atom. The molecule has 0 aliphatic carbocycles. The van der Waals surface area contributed by atoms with Gasteiger partial charge in [0, 0.05) is 13.2 Å². The third kappa shape index (κ3) is 9.92. The smallest absolute Gasteiger partial charge is 0.0437 e. The maximum atomic E-state index is 4.83. The lowest BCUT2D eigenvalue weighted by molar-refractivity contribution is 0.162. The van der Waals surface area contributed by atoms with Gasteiger partial charge in [-0.15, -0.1) is 0 Å². The van der Waals surface area contributed by atoms with E-state index in [1.165, 1.54) is 32.4 Å². The Labute approximate surface area is 70.3 Å². The van der Waals surface area contributed by atoms with Crippen molar-refractivity contribution in [1.82, 2.24) is 5.32 Å². The fourth-order valence-corrected chi connectivity index (χ4v) is 1.01. The Kier molecular flexibility index (Phi) is 9.85. The molecule has 1 aliphatic rings. The monoisotopic (exact) mass is 159 g/mol. The normalized spacial score (nSPS) is 16.9. The molecule has 1 aliphatic heterocycles. The minimum atomic E-state index is 0.844. The maximum Gasteiger partial charge on any atom is 0.0437 e. The molecule has 1 fully saturated rings. The summed E-state index contributed by atoms with van der Waals surface area (Å²) < 4.78 is 4.83. The van der Waals surface area contributed by atoms with Crippen LogP contribution in [0.1, 0.15) is 33.1 Å². The van der Waals surface area contributed by atoms with Gasteiger partial charge < -0.3 is 10.1 Å². The second kappa shape index (κ2) is 9.92. The highest BCUT2D eigenvalue weighted by molar-refractivity contribution is 4.55.